The van der Waals surface area contributed by atoms with E-state index < -0.39 is 12.1 Å². The second kappa shape index (κ2) is 6.47. The molecular formula is C13H19BrFNO. The van der Waals surface area contributed by atoms with Crippen molar-refractivity contribution in [1.29, 1.82) is 0 Å². The SMILES string of the molecule is CC(C)CC[C@H](O)[C@H](N)c1cc(F)cc(Br)c1. The largest absolute Gasteiger partial charge is 0.391 e. The summed E-state index contributed by atoms with van der Waals surface area (Å²) < 4.78 is 13.8. The number of hydrogen-bond acceptors (Lipinski definition) is 2. The van der Waals surface area contributed by atoms with Crippen LogP contribution >= 0.6 is 15.9 Å². The topological polar surface area (TPSA) is 46.2 Å². The lowest BCUT2D eigenvalue weighted by Crippen LogP contribution is -2.26. The zero-order valence-electron chi connectivity index (χ0n) is 10.2. The van der Waals surface area contributed by atoms with Crippen LogP contribution in [-0.4, -0.2) is 11.2 Å². The zero-order valence-corrected chi connectivity index (χ0v) is 11.7. The van der Waals surface area contributed by atoms with Gasteiger partial charge in [0.15, 0.2) is 0 Å². The van der Waals surface area contributed by atoms with Crippen LogP contribution in [0.3, 0.4) is 0 Å². The normalized spacial score (nSPS) is 15.0. The molecule has 1 rings (SSSR count). The van der Waals surface area contributed by atoms with Gasteiger partial charge >= 0.3 is 0 Å². The van der Waals surface area contributed by atoms with Gasteiger partial charge in [-0.25, -0.2) is 4.39 Å². The van der Waals surface area contributed by atoms with Crippen molar-refractivity contribution >= 4 is 15.9 Å². The summed E-state index contributed by atoms with van der Waals surface area (Å²) >= 11 is 3.22. The summed E-state index contributed by atoms with van der Waals surface area (Å²) in [6.07, 6.45) is 0.907. The highest BCUT2D eigenvalue weighted by molar-refractivity contribution is 9.10. The maximum absolute atomic E-state index is 13.2. The van der Waals surface area contributed by atoms with Crippen molar-refractivity contribution in [1.82, 2.24) is 0 Å². The van der Waals surface area contributed by atoms with Crippen LogP contribution in [0.4, 0.5) is 4.39 Å². The van der Waals surface area contributed by atoms with Crippen LogP contribution in [0.2, 0.25) is 0 Å². The quantitative estimate of drug-likeness (QED) is 0.876. The fraction of sp³-hybridized carbons (Fsp3) is 0.538. The molecule has 0 saturated heterocycles. The molecule has 0 aliphatic rings. The molecule has 4 heteroatoms. The molecule has 2 nitrogen and oxygen atoms in total. The summed E-state index contributed by atoms with van der Waals surface area (Å²) in [6, 6.07) is 3.94. The van der Waals surface area contributed by atoms with Gasteiger partial charge in [-0.05, 0) is 42.5 Å². The number of aliphatic hydroxyl groups excluding tert-OH is 1. The van der Waals surface area contributed by atoms with E-state index in [2.05, 4.69) is 29.8 Å². The average Bonchev–Trinajstić information content (AvgIpc) is 2.23. The molecule has 0 spiro atoms. The van der Waals surface area contributed by atoms with E-state index in [-0.39, 0.29) is 5.82 Å². The molecule has 0 aliphatic carbocycles. The van der Waals surface area contributed by atoms with E-state index in [1.807, 2.05) is 0 Å². The number of benzene rings is 1. The minimum atomic E-state index is -0.633. The summed E-state index contributed by atoms with van der Waals surface area (Å²) in [6.45, 7) is 4.19. The molecule has 0 aliphatic heterocycles. The second-order valence-electron chi connectivity index (χ2n) is 4.77. The Morgan fingerprint density at radius 2 is 1.94 bits per heavy atom. The fourth-order valence-electron chi connectivity index (χ4n) is 1.67. The van der Waals surface area contributed by atoms with E-state index in [1.54, 1.807) is 6.07 Å². The Morgan fingerprint density at radius 3 is 2.47 bits per heavy atom. The van der Waals surface area contributed by atoms with Gasteiger partial charge in [0.2, 0.25) is 0 Å². The predicted octanol–water partition coefficient (Wildman–Crippen LogP) is 3.39. The molecular weight excluding hydrogens is 285 g/mol. The summed E-state index contributed by atoms with van der Waals surface area (Å²) in [5.41, 5.74) is 6.54. The summed E-state index contributed by atoms with van der Waals surface area (Å²) in [7, 11) is 0. The molecule has 0 radical (unpaired) electrons. The first kappa shape index (κ1) is 14.6. The van der Waals surface area contributed by atoms with Crippen molar-refractivity contribution in [3.63, 3.8) is 0 Å². The number of rotatable bonds is 5. The molecule has 1 aromatic rings. The lowest BCUT2D eigenvalue weighted by atomic mass is 9.96. The summed E-state index contributed by atoms with van der Waals surface area (Å²) in [5, 5.41) is 9.94. The van der Waals surface area contributed by atoms with Crippen LogP contribution in [0.15, 0.2) is 22.7 Å². The second-order valence-corrected chi connectivity index (χ2v) is 5.68. The Balaban J connectivity index is 2.70. The minimum absolute atomic E-state index is 0.346. The van der Waals surface area contributed by atoms with Gasteiger partial charge in [-0.1, -0.05) is 29.8 Å². The highest BCUT2D eigenvalue weighted by Crippen LogP contribution is 2.23. The van der Waals surface area contributed by atoms with E-state index in [9.17, 15) is 9.50 Å². The highest BCUT2D eigenvalue weighted by Gasteiger charge is 2.18. The van der Waals surface area contributed by atoms with E-state index in [1.165, 1.54) is 12.1 Å². The van der Waals surface area contributed by atoms with Gasteiger partial charge < -0.3 is 10.8 Å². The van der Waals surface area contributed by atoms with Gasteiger partial charge in [0.25, 0.3) is 0 Å². The predicted molar refractivity (Wildman–Crippen MR) is 71.1 cm³/mol. The Morgan fingerprint density at radius 1 is 1.29 bits per heavy atom. The monoisotopic (exact) mass is 303 g/mol. The molecule has 3 N–H and O–H groups in total. The van der Waals surface area contributed by atoms with Gasteiger partial charge in [0.05, 0.1) is 12.1 Å². The lowest BCUT2D eigenvalue weighted by molar-refractivity contribution is 0.128. The minimum Gasteiger partial charge on any atom is -0.391 e. The van der Waals surface area contributed by atoms with E-state index in [0.29, 0.717) is 22.4 Å². The van der Waals surface area contributed by atoms with Crippen molar-refractivity contribution in [2.45, 2.75) is 38.8 Å². The smallest absolute Gasteiger partial charge is 0.124 e. The van der Waals surface area contributed by atoms with Crippen molar-refractivity contribution in [2.24, 2.45) is 11.7 Å². The third kappa shape index (κ3) is 4.74. The first-order valence-corrected chi connectivity index (χ1v) is 6.59. The van der Waals surface area contributed by atoms with Gasteiger partial charge in [0.1, 0.15) is 5.82 Å². The maximum Gasteiger partial charge on any atom is 0.124 e. The molecule has 1 aromatic carbocycles. The molecule has 0 heterocycles. The molecule has 0 aromatic heterocycles. The number of halogens is 2. The van der Waals surface area contributed by atoms with Crippen molar-refractivity contribution in [3.8, 4) is 0 Å². The standard InChI is InChI=1S/C13H19BrFNO/c1-8(2)3-4-12(17)13(16)9-5-10(14)7-11(15)6-9/h5-8,12-13,17H,3-4,16H2,1-2H3/t12-,13+/m0/s1. The van der Waals surface area contributed by atoms with Crippen LogP contribution in [0, 0.1) is 11.7 Å². The Bertz CT molecular complexity index is 350. The molecule has 0 bridgehead atoms. The van der Waals surface area contributed by atoms with Crippen LogP contribution < -0.4 is 5.73 Å². The van der Waals surface area contributed by atoms with Crippen LogP contribution in [-0.2, 0) is 0 Å². The molecule has 0 unspecified atom stereocenters. The average molecular weight is 304 g/mol. The highest BCUT2D eigenvalue weighted by atomic mass is 79.9. The van der Waals surface area contributed by atoms with Gasteiger partial charge in [-0.2, -0.15) is 0 Å². The molecule has 0 fully saturated rings. The first-order valence-electron chi connectivity index (χ1n) is 5.79. The third-order valence-corrected chi connectivity index (χ3v) is 3.18. The lowest BCUT2D eigenvalue weighted by Gasteiger charge is -2.20. The first-order chi connectivity index (χ1) is 7.90. The van der Waals surface area contributed by atoms with Gasteiger partial charge in [0, 0.05) is 4.47 Å². The Kier molecular flexibility index (Phi) is 5.56. The molecule has 96 valence electrons. The zero-order chi connectivity index (χ0) is 13.0. The number of hydrogen-bond donors (Lipinski definition) is 2. The van der Waals surface area contributed by atoms with Crippen LogP contribution in [0.1, 0.15) is 38.3 Å². The summed E-state index contributed by atoms with van der Waals surface area (Å²) in [4.78, 5) is 0. The van der Waals surface area contributed by atoms with E-state index in [4.69, 9.17) is 5.73 Å². The number of aliphatic hydroxyl groups is 1. The Labute approximate surface area is 110 Å². The Hall–Kier alpha value is -0.450. The van der Waals surface area contributed by atoms with E-state index in [0.717, 1.165) is 6.42 Å². The van der Waals surface area contributed by atoms with Crippen molar-refractivity contribution in [2.75, 3.05) is 0 Å². The van der Waals surface area contributed by atoms with E-state index >= 15 is 0 Å². The van der Waals surface area contributed by atoms with Crippen molar-refractivity contribution < 1.29 is 9.50 Å². The third-order valence-electron chi connectivity index (χ3n) is 2.72. The van der Waals surface area contributed by atoms with Crippen LogP contribution in [0.5, 0.6) is 0 Å². The molecule has 17 heavy (non-hydrogen) atoms. The van der Waals surface area contributed by atoms with Gasteiger partial charge in [-0.15, -0.1) is 0 Å². The van der Waals surface area contributed by atoms with Crippen molar-refractivity contribution in [3.05, 3.63) is 34.1 Å². The fourth-order valence-corrected chi connectivity index (χ4v) is 2.16. The molecule has 2 atom stereocenters. The van der Waals surface area contributed by atoms with Crippen LogP contribution in [0.25, 0.3) is 0 Å². The molecule has 0 saturated carbocycles. The number of nitrogens with two attached hydrogens (primary N) is 1. The maximum atomic E-state index is 13.2. The molecule has 0 amide bonds. The van der Waals surface area contributed by atoms with Gasteiger partial charge in [-0.3, -0.25) is 0 Å². The summed E-state index contributed by atoms with van der Waals surface area (Å²) in [5.74, 6) is 0.178.